The van der Waals surface area contributed by atoms with Gasteiger partial charge in [-0.3, -0.25) is 4.79 Å². The highest BCUT2D eigenvalue weighted by Gasteiger charge is 2.19. The monoisotopic (exact) mass is 335 g/mol. The van der Waals surface area contributed by atoms with Crippen LogP contribution in [0, 0.1) is 11.6 Å². The van der Waals surface area contributed by atoms with Gasteiger partial charge in [-0.25, -0.2) is 13.6 Å². The maximum Gasteiger partial charge on any atom is 0.337 e. The Morgan fingerprint density at radius 3 is 2.33 bits per heavy atom. The molecule has 0 radical (unpaired) electrons. The molecule has 1 atom stereocenters. The van der Waals surface area contributed by atoms with Crippen LogP contribution in [0.3, 0.4) is 0 Å². The first-order chi connectivity index (χ1) is 11.4. The maximum absolute atomic E-state index is 13.5. The first-order valence-corrected chi connectivity index (χ1v) is 7.02. The molecule has 0 heterocycles. The van der Waals surface area contributed by atoms with E-state index < -0.39 is 35.3 Å². The number of benzene rings is 2. The van der Waals surface area contributed by atoms with E-state index in [4.69, 9.17) is 4.74 Å². The van der Waals surface area contributed by atoms with Gasteiger partial charge in [0.05, 0.1) is 12.7 Å². The van der Waals surface area contributed by atoms with Gasteiger partial charge in [0.1, 0.15) is 23.1 Å². The minimum absolute atomic E-state index is 0.245. The molecule has 126 valence electrons. The number of hydrogen-bond donors (Lipinski definition) is 1. The summed E-state index contributed by atoms with van der Waals surface area (Å²) in [5.74, 6) is -2.81. The number of carbonyl (C=O) groups excluding carboxylic acids is 2. The predicted molar refractivity (Wildman–Crippen MR) is 82.9 cm³/mol. The predicted octanol–water partition coefficient (Wildman–Crippen LogP) is 3.16. The normalized spacial score (nSPS) is 11.5. The Morgan fingerprint density at radius 2 is 1.71 bits per heavy atom. The molecule has 0 fully saturated rings. The minimum atomic E-state index is -1.04. The Bertz CT molecular complexity index is 744. The van der Waals surface area contributed by atoms with Crippen molar-refractivity contribution in [2.24, 2.45) is 0 Å². The average Bonchev–Trinajstić information content (AvgIpc) is 2.57. The Morgan fingerprint density at radius 1 is 1.08 bits per heavy atom. The standard InChI is InChI=1S/C17H15F2NO4/c1-10(16(21)20-15-13(18)7-4-8-14(15)19)24-12-6-3-5-11(9-12)17(22)23-2/h3-10H,1-2H3,(H,20,21)/t10-/m0/s1. The fourth-order valence-corrected chi connectivity index (χ4v) is 1.91. The quantitative estimate of drug-likeness (QED) is 0.853. The first kappa shape index (κ1) is 17.4. The van der Waals surface area contributed by atoms with Gasteiger partial charge in [0.15, 0.2) is 6.10 Å². The van der Waals surface area contributed by atoms with Gasteiger partial charge in [0.2, 0.25) is 0 Å². The zero-order valence-corrected chi connectivity index (χ0v) is 13.0. The molecule has 1 amide bonds. The molecular weight excluding hydrogens is 320 g/mol. The van der Waals surface area contributed by atoms with Gasteiger partial charge >= 0.3 is 5.97 Å². The minimum Gasteiger partial charge on any atom is -0.481 e. The second-order valence-electron chi connectivity index (χ2n) is 4.87. The summed E-state index contributed by atoms with van der Waals surface area (Å²) in [6, 6.07) is 9.28. The van der Waals surface area contributed by atoms with Crippen LogP contribution in [0.1, 0.15) is 17.3 Å². The molecule has 0 saturated heterocycles. The van der Waals surface area contributed by atoms with E-state index in [1.165, 1.54) is 32.2 Å². The van der Waals surface area contributed by atoms with E-state index in [0.717, 1.165) is 12.1 Å². The van der Waals surface area contributed by atoms with Crippen molar-refractivity contribution in [3.63, 3.8) is 0 Å². The molecule has 5 nitrogen and oxygen atoms in total. The zero-order chi connectivity index (χ0) is 17.7. The van der Waals surface area contributed by atoms with Crippen LogP contribution in [-0.4, -0.2) is 25.1 Å². The van der Waals surface area contributed by atoms with Crippen molar-refractivity contribution in [3.8, 4) is 5.75 Å². The van der Waals surface area contributed by atoms with Crippen LogP contribution in [-0.2, 0) is 9.53 Å². The number of nitrogens with one attached hydrogen (secondary N) is 1. The molecule has 2 aromatic rings. The molecular formula is C17H15F2NO4. The molecule has 7 heteroatoms. The third kappa shape index (κ3) is 4.07. The molecule has 2 rings (SSSR count). The van der Waals surface area contributed by atoms with Gasteiger partial charge in [-0.15, -0.1) is 0 Å². The van der Waals surface area contributed by atoms with E-state index in [0.29, 0.717) is 0 Å². The fraction of sp³-hybridized carbons (Fsp3) is 0.176. The van der Waals surface area contributed by atoms with E-state index in [1.54, 1.807) is 12.1 Å². The summed E-state index contributed by atoms with van der Waals surface area (Å²) in [6.45, 7) is 1.42. The van der Waals surface area contributed by atoms with Crippen molar-refractivity contribution >= 4 is 17.6 Å². The highest BCUT2D eigenvalue weighted by atomic mass is 19.1. The Balaban J connectivity index is 2.08. The molecule has 0 aliphatic carbocycles. The van der Waals surface area contributed by atoms with Gasteiger partial charge in [-0.1, -0.05) is 12.1 Å². The van der Waals surface area contributed by atoms with E-state index >= 15 is 0 Å². The Kier molecular flexibility index (Phi) is 5.47. The number of ether oxygens (including phenoxy) is 2. The van der Waals surface area contributed by atoms with Gasteiger partial charge in [0.25, 0.3) is 5.91 Å². The van der Waals surface area contributed by atoms with Crippen LogP contribution in [0.15, 0.2) is 42.5 Å². The van der Waals surface area contributed by atoms with E-state index in [-0.39, 0.29) is 11.3 Å². The summed E-state index contributed by atoms with van der Waals surface area (Å²) in [7, 11) is 1.24. The highest BCUT2D eigenvalue weighted by Crippen LogP contribution is 2.20. The lowest BCUT2D eigenvalue weighted by Gasteiger charge is -2.15. The molecule has 0 unspecified atom stereocenters. The number of para-hydroxylation sites is 1. The molecule has 0 aliphatic rings. The SMILES string of the molecule is COC(=O)c1cccc(O[C@@H](C)C(=O)Nc2c(F)cccc2F)c1. The first-order valence-electron chi connectivity index (χ1n) is 7.02. The number of methoxy groups -OCH3 is 1. The van der Waals surface area contributed by atoms with Crippen molar-refractivity contribution in [1.29, 1.82) is 0 Å². The van der Waals surface area contributed by atoms with Crippen molar-refractivity contribution in [3.05, 3.63) is 59.7 Å². The number of hydrogen-bond acceptors (Lipinski definition) is 4. The van der Waals surface area contributed by atoms with Gasteiger partial charge < -0.3 is 14.8 Å². The lowest BCUT2D eigenvalue weighted by molar-refractivity contribution is -0.122. The van der Waals surface area contributed by atoms with Gasteiger partial charge in [0, 0.05) is 0 Å². The number of carbonyl (C=O) groups is 2. The van der Waals surface area contributed by atoms with Crippen molar-refractivity contribution in [2.75, 3.05) is 12.4 Å². The summed E-state index contributed by atoms with van der Waals surface area (Å²) < 4.78 is 37.1. The summed E-state index contributed by atoms with van der Waals surface area (Å²) in [5, 5.41) is 2.14. The van der Waals surface area contributed by atoms with Crippen molar-refractivity contribution < 1.29 is 27.8 Å². The number of amides is 1. The Hall–Kier alpha value is -2.96. The smallest absolute Gasteiger partial charge is 0.337 e. The van der Waals surface area contributed by atoms with Gasteiger partial charge in [-0.2, -0.15) is 0 Å². The van der Waals surface area contributed by atoms with Crippen LogP contribution < -0.4 is 10.1 Å². The molecule has 0 aromatic heterocycles. The number of rotatable bonds is 5. The largest absolute Gasteiger partial charge is 0.481 e. The number of anilines is 1. The third-order valence-electron chi connectivity index (χ3n) is 3.15. The van der Waals surface area contributed by atoms with Crippen LogP contribution in [0.4, 0.5) is 14.5 Å². The lowest BCUT2D eigenvalue weighted by Crippen LogP contribution is -2.30. The molecule has 24 heavy (non-hydrogen) atoms. The zero-order valence-electron chi connectivity index (χ0n) is 13.0. The summed E-state index contributed by atoms with van der Waals surface area (Å²) in [6.07, 6.45) is -1.04. The van der Waals surface area contributed by atoms with Crippen LogP contribution in [0.25, 0.3) is 0 Å². The summed E-state index contributed by atoms with van der Waals surface area (Å²) in [5.41, 5.74) is -0.288. The van der Waals surface area contributed by atoms with Crippen LogP contribution in [0.2, 0.25) is 0 Å². The molecule has 0 bridgehead atoms. The van der Waals surface area contributed by atoms with Crippen LogP contribution in [0.5, 0.6) is 5.75 Å². The second kappa shape index (κ2) is 7.54. The van der Waals surface area contributed by atoms with Crippen molar-refractivity contribution in [2.45, 2.75) is 13.0 Å². The number of esters is 1. The molecule has 2 aromatic carbocycles. The molecule has 0 saturated carbocycles. The number of halogens is 2. The van der Waals surface area contributed by atoms with Gasteiger partial charge in [-0.05, 0) is 37.3 Å². The summed E-state index contributed by atoms with van der Waals surface area (Å²) >= 11 is 0. The molecule has 1 N–H and O–H groups in total. The fourth-order valence-electron chi connectivity index (χ4n) is 1.91. The molecule has 0 spiro atoms. The van der Waals surface area contributed by atoms with E-state index in [9.17, 15) is 18.4 Å². The summed E-state index contributed by atoms with van der Waals surface area (Å²) in [4.78, 5) is 23.5. The van der Waals surface area contributed by atoms with Crippen LogP contribution >= 0.6 is 0 Å². The third-order valence-corrected chi connectivity index (χ3v) is 3.15. The second-order valence-corrected chi connectivity index (χ2v) is 4.87. The average molecular weight is 335 g/mol. The topological polar surface area (TPSA) is 64.6 Å². The van der Waals surface area contributed by atoms with Crippen molar-refractivity contribution in [1.82, 2.24) is 0 Å². The Labute approximate surface area is 137 Å². The van der Waals surface area contributed by atoms with E-state index in [2.05, 4.69) is 10.1 Å². The lowest BCUT2D eigenvalue weighted by atomic mass is 10.2. The highest BCUT2D eigenvalue weighted by molar-refractivity contribution is 5.94. The maximum atomic E-state index is 13.5. The van der Waals surface area contributed by atoms with E-state index in [1.807, 2.05) is 0 Å². The molecule has 0 aliphatic heterocycles.